The number of aryl methyl sites for hydroxylation is 1. The highest BCUT2D eigenvalue weighted by Gasteiger charge is 2.22. The Labute approximate surface area is 207 Å². The van der Waals surface area contributed by atoms with Crippen LogP contribution in [-0.4, -0.2) is 26.9 Å². The van der Waals surface area contributed by atoms with Crippen molar-refractivity contribution in [1.82, 2.24) is 20.1 Å². The van der Waals surface area contributed by atoms with Gasteiger partial charge in [-0.1, -0.05) is 43.2 Å². The first-order chi connectivity index (χ1) is 16.4. The number of nitrogens with one attached hydrogen (secondary N) is 1. The summed E-state index contributed by atoms with van der Waals surface area (Å²) in [6.45, 7) is 10.2. The van der Waals surface area contributed by atoms with Gasteiger partial charge < -0.3 is 5.32 Å². The predicted molar refractivity (Wildman–Crippen MR) is 143 cm³/mol. The SMILES string of the molecule is C/C=C(/C(=O)NC(CC)c1cc(SC)ccn1)c1cnn(-c2ccc(C)cc2)c1/C=C(\C)CC. The molecule has 1 N–H and O–H groups in total. The van der Waals surface area contributed by atoms with E-state index in [0.717, 1.165) is 40.4 Å². The van der Waals surface area contributed by atoms with Crippen LogP contribution in [0.15, 0.2) is 65.3 Å². The van der Waals surface area contributed by atoms with E-state index in [0.29, 0.717) is 5.57 Å². The lowest BCUT2D eigenvalue weighted by Crippen LogP contribution is -2.29. The molecule has 2 aromatic heterocycles. The summed E-state index contributed by atoms with van der Waals surface area (Å²) >= 11 is 1.67. The molecule has 1 amide bonds. The fraction of sp³-hybridized carbons (Fsp3) is 0.321. The van der Waals surface area contributed by atoms with Gasteiger partial charge in [0.1, 0.15) is 0 Å². The third kappa shape index (κ3) is 5.86. The third-order valence-corrected chi connectivity index (χ3v) is 6.63. The van der Waals surface area contributed by atoms with Crippen LogP contribution in [0.1, 0.15) is 69.1 Å². The number of hydrogen-bond donors (Lipinski definition) is 1. The Morgan fingerprint density at radius 1 is 1.21 bits per heavy atom. The lowest BCUT2D eigenvalue weighted by molar-refractivity contribution is -0.116. The Balaban J connectivity index is 1.99. The van der Waals surface area contributed by atoms with Gasteiger partial charge in [-0.15, -0.1) is 11.8 Å². The van der Waals surface area contributed by atoms with Crippen molar-refractivity contribution in [2.24, 2.45) is 0 Å². The number of hydrogen-bond acceptors (Lipinski definition) is 4. The minimum absolute atomic E-state index is 0.127. The van der Waals surface area contributed by atoms with Crippen molar-refractivity contribution in [3.63, 3.8) is 0 Å². The number of aromatic nitrogens is 3. The average molecular weight is 475 g/mol. The lowest BCUT2D eigenvalue weighted by atomic mass is 10.0. The molecule has 0 aliphatic rings. The Morgan fingerprint density at radius 2 is 1.94 bits per heavy atom. The second-order valence-electron chi connectivity index (χ2n) is 8.29. The molecule has 5 nitrogen and oxygen atoms in total. The normalized spacial score (nSPS) is 13.1. The molecular formula is C28H34N4OS. The highest BCUT2D eigenvalue weighted by atomic mass is 32.2. The van der Waals surface area contributed by atoms with Crippen LogP contribution < -0.4 is 5.32 Å². The number of carbonyl (C=O) groups excluding carboxylic acids is 1. The summed E-state index contributed by atoms with van der Waals surface area (Å²) in [4.78, 5) is 19.1. The highest BCUT2D eigenvalue weighted by molar-refractivity contribution is 7.98. The van der Waals surface area contributed by atoms with E-state index >= 15 is 0 Å². The molecule has 0 aliphatic heterocycles. The van der Waals surface area contributed by atoms with Crippen molar-refractivity contribution in [3.8, 4) is 5.69 Å². The topological polar surface area (TPSA) is 59.8 Å². The molecule has 3 aromatic rings. The summed E-state index contributed by atoms with van der Waals surface area (Å²) in [5.74, 6) is -0.127. The van der Waals surface area contributed by atoms with Gasteiger partial charge in [0.15, 0.2) is 0 Å². The monoisotopic (exact) mass is 474 g/mol. The summed E-state index contributed by atoms with van der Waals surface area (Å²) in [5.41, 5.74) is 6.57. The van der Waals surface area contributed by atoms with E-state index < -0.39 is 0 Å². The molecule has 0 saturated heterocycles. The van der Waals surface area contributed by atoms with E-state index in [1.165, 1.54) is 11.1 Å². The van der Waals surface area contributed by atoms with Crippen molar-refractivity contribution in [3.05, 3.63) is 83.0 Å². The van der Waals surface area contributed by atoms with E-state index in [9.17, 15) is 4.79 Å². The van der Waals surface area contributed by atoms with Gasteiger partial charge >= 0.3 is 0 Å². The number of carbonyl (C=O) groups is 1. The van der Waals surface area contributed by atoms with Gasteiger partial charge in [-0.3, -0.25) is 9.78 Å². The van der Waals surface area contributed by atoms with Crippen LogP contribution in [0.25, 0.3) is 17.3 Å². The van der Waals surface area contributed by atoms with Crippen molar-refractivity contribution >= 4 is 29.3 Å². The molecule has 0 radical (unpaired) electrons. The molecule has 2 heterocycles. The van der Waals surface area contributed by atoms with Crippen LogP contribution in [0.5, 0.6) is 0 Å². The first-order valence-corrected chi connectivity index (χ1v) is 12.9. The Kier molecular flexibility index (Phi) is 8.88. The molecule has 1 aromatic carbocycles. The summed E-state index contributed by atoms with van der Waals surface area (Å²) in [6.07, 6.45) is 11.3. The Bertz CT molecular complexity index is 1190. The maximum Gasteiger partial charge on any atom is 0.252 e. The maximum absolute atomic E-state index is 13.5. The summed E-state index contributed by atoms with van der Waals surface area (Å²) < 4.78 is 1.91. The number of nitrogens with zero attached hydrogens (tertiary/aromatic N) is 3. The van der Waals surface area contributed by atoms with Crippen LogP contribution >= 0.6 is 11.8 Å². The standard InChI is InChI=1S/C28H34N4OS/c1-7-19(4)16-27-24(18-30-32(27)21-12-10-20(5)11-13-21)23(8-2)28(33)31-25(9-3)26-17-22(34-6)14-15-29-26/h8,10-18,25H,7,9H2,1-6H3,(H,31,33)/b19-16+,23-8+. The second-order valence-corrected chi connectivity index (χ2v) is 9.17. The zero-order valence-electron chi connectivity index (χ0n) is 20.9. The molecular weight excluding hydrogens is 440 g/mol. The van der Waals surface area contributed by atoms with E-state index in [-0.39, 0.29) is 11.9 Å². The molecule has 0 bridgehead atoms. The van der Waals surface area contributed by atoms with Crippen molar-refractivity contribution in [1.29, 1.82) is 0 Å². The largest absolute Gasteiger partial charge is 0.344 e. The fourth-order valence-electron chi connectivity index (χ4n) is 3.71. The van der Waals surface area contributed by atoms with Gasteiger partial charge in [-0.05, 0) is 70.2 Å². The van der Waals surface area contributed by atoms with E-state index in [2.05, 4.69) is 73.4 Å². The zero-order valence-corrected chi connectivity index (χ0v) is 21.7. The number of thioether (sulfide) groups is 1. The molecule has 1 atom stereocenters. The quantitative estimate of drug-likeness (QED) is 0.274. The van der Waals surface area contributed by atoms with Crippen LogP contribution in [-0.2, 0) is 4.79 Å². The van der Waals surface area contributed by atoms with E-state index in [1.807, 2.05) is 36.1 Å². The second kappa shape index (κ2) is 11.8. The minimum Gasteiger partial charge on any atom is -0.344 e. The first-order valence-electron chi connectivity index (χ1n) is 11.7. The van der Waals surface area contributed by atoms with Crippen LogP contribution in [0.2, 0.25) is 0 Å². The van der Waals surface area contributed by atoms with E-state index in [4.69, 9.17) is 0 Å². The van der Waals surface area contributed by atoms with Crippen LogP contribution in [0, 0.1) is 6.92 Å². The van der Waals surface area contributed by atoms with Gasteiger partial charge in [0, 0.05) is 22.2 Å². The number of amides is 1. The van der Waals surface area contributed by atoms with Gasteiger partial charge in [-0.25, -0.2) is 4.68 Å². The molecule has 3 rings (SSSR count). The number of allylic oxidation sites excluding steroid dienone is 2. The van der Waals surface area contributed by atoms with Gasteiger partial charge in [0.25, 0.3) is 5.91 Å². The molecule has 1 unspecified atom stereocenters. The molecule has 0 fully saturated rings. The molecule has 178 valence electrons. The Morgan fingerprint density at radius 3 is 2.56 bits per heavy atom. The van der Waals surface area contributed by atoms with Crippen LogP contribution in [0.3, 0.4) is 0 Å². The molecule has 0 aliphatic carbocycles. The first kappa shape index (κ1) is 25.5. The average Bonchev–Trinajstić information content (AvgIpc) is 3.26. The van der Waals surface area contributed by atoms with Gasteiger partial charge in [0.05, 0.1) is 29.3 Å². The van der Waals surface area contributed by atoms with Crippen molar-refractivity contribution in [2.45, 2.75) is 58.4 Å². The predicted octanol–water partition coefficient (Wildman–Crippen LogP) is 6.78. The molecule has 6 heteroatoms. The molecule has 0 saturated carbocycles. The van der Waals surface area contributed by atoms with E-state index in [1.54, 1.807) is 24.2 Å². The summed E-state index contributed by atoms with van der Waals surface area (Å²) in [7, 11) is 0. The lowest BCUT2D eigenvalue weighted by Gasteiger charge is -2.18. The van der Waals surface area contributed by atoms with Gasteiger partial charge in [0.2, 0.25) is 0 Å². The third-order valence-electron chi connectivity index (χ3n) is 5.91. The van der Waals surface area contributed by atoms with Crippen molar-refractivity contribution < 1.29 is 4.79 Å². The maximum atomic E-state index is 13.5. The van der Waals surface area contributed by atoms with Crippen LogP contribution in [0.4, 0.5) is 0 Å². The zero-order chi connectivity index (χ0) is 24.7. The fourth-order valence-corrected chi connectivity index (χ4v) is 4.14. The van der Waals surface area contributed by atoms with Crippen molar-refractivity contribution in [2.75, 3.05) is 6.26 Å². The Hall–Kier alpha value is -3.12. The number of pyridine rings is 1. The number of benzene rings is 1. The highest BCUT2D eigenvalue weighted by Crippen LogP contribution is 2.27. The molecule has 0 spiro atoms. The smallest absolute Gasteiger partial charge is 0.252 e. The summed E-state index contributed by atoms with van der Waals surface area (Å²) in [5, 5.41) is 7.87. The minimum atomic E-state index is -0.168. The van der Waals surface area contributed by atoms with Gasteiger partial charge in [-0.2, -0.15) is 5.10 Å². The summed E-state index contributed by atoms with van der Waals surface area (Å²) in [6, 6.07) is 12.1. The molecule has 34 heavy (non-hydrogen) atoms. The number of rotatable bonds is 9.